The van der Waals surface area contributed by atoms with Gasteiger partial charge in [0.15, 0.2) is 0 Å². The summed E-state index contributed by atoms with van der Waals surface area (Å²) in [4.78, 5) is 4.52. The second-order valence-corrected chi connectivity index (χ2v) is 5.36. The SMILES string of the molecule is Cn1cc(C(O)Cc2nc3ccccc3s2)cn1. The fourth-order valence-electron chi connectivity index (χ4n) is 1.90. The molecule has 3 rings (SSSR count). The van der Waals surface area contributed by atoms with E-state index in [-0.39, 0.29) is 0 Å². The quantitative estimate of drug-likeness (QED) is 0.785. The van der Waals surface area contributed by atoms with Crippen molar-refractivity contribution in [3.63, 3.8) is 0 Å². The van der Waals surface area contributed by atoms with Crippen LogP contribution >= 0.6 is 11.3 Å². The lowest BCUT2D eigenvalue weighted by atomic mass is 10.1. The first-order valence-electron chi connectivity index (χ1n) is 5.73. The molecule has 0 bridgehead atoms. The fraction of sp³-hybridized carbons (Fsp3) is 0.231. The maximum atomic E-state index is 10.1. The van der Waals surface area contributed by atoms with Gasteiger partial charge in [0.25, 0.3) is 0 Å². The summed E-state index contributed by atoms with van der Waals surface area (Å²) in [6, 6.07) is 8.02. The Hall–Kier alpha value is -1.72. The van der Waals surface area contributed by atoms with E-state index in [2.05, 4.69) is 10.1 Å². The molecule has 1 aromatic carbocycles. The summed E-state index contributed by atoms with van der Waals surface area (Å²) in [6.07, 6.45) is 3.51. The second-order valence-electron chi connectivity index (χ2n) is 4.24. The molecule has 2 aromatic heterocycles. The molecule has 1 unspecified atom stereocenters. The van der Waals surface area contributed by atoms with Crippen molar-refractivity contribution in [3.05, 3.63) is 47.2 Å². The standard InChI is InChI=1S/C13H13N3OS/c1-16-8-9(7-14-16)11(17)6-13-15-10-4-2-3-5-12(10)18-13/h2-5,7-8,11,17H,6H2,1H3. The average molecular weight is 259 g/mol. The Morgan fingerprint density at radius 2 is 2.22 bits per heavy atom. The van der Waals surface area contributed by atoms with E-state index in [1.54, 1.807) is 22.2 Å². The number of benzene rings is 1. The number of aliphatic hydroxyl groups excluding tert-OH is 1. The summed E-state index contributed by atoms with van der Waals surface area (Å²) < 4.78 is 2.85. The molecule has 0 aliphatic heterocycles. The molecule has 3 aromatic rings. The Morgan fingerprint density at radius 3 is 2.94 bits per heavy atom. The molecule has 0 spiro atoms. The smallest absolute Gasteiger partial charge is 0.0967 e. The van der Waals surface area contributed by atoms with Gasteiger partial charge >= 0.3 is 0 Å². The number of nitrogens with zero attached hydrogens (tertiary/aromatic N) is 3. The van der Waals surface area contributed by atoms with Crippen molar-refractivity contribution in [2.75, 3.05) is 0 Å². The molecule has 1 atom stereocenters. The summed E-state index contributed by atoms with van der Waals surface area (Å²) in [5.41, 5.74) is 1.83. The number of thiazole rings is 1. The van der Waals surface area contributed by atoms with Crippen LogP contribution in [-0.4, -0.2) is 19.9 Å². The van der Waals surface area contributed by atoms with E-state index in [1.165, 1.54) is 0 Å². The van der Waals surface area contributed by atoms with Gasteiger partial charge in [-0.1, -0.05) is 12.1 Å². The molecule has 0 saturated carbocycles. The first-order valence-corrected chi connectivity index (χ1v) is 6.55. The Balaban J connectivity index is 1.83. The minimum Gasteiger partial charge on any atom is -0.388 e. The monoisotopic (exact) mass is 259 g/mol. The molecule has 1 N–H and O–H groups in total. The zero-order valence-corrected chi connectivity index (χ0v) is 10.8. The molecule has 0 radical (unpaired) electrons. The van der Waals surface area contributed by atoms with Gasteiger partial charge in [0.05, 0.1) is 27.5 Å². The summed E-state index contributed by atoms with van der Waals surface area (Å²) in [5.74, 6) is 0. The van der Waals surface area contributed by atoms with E-state index in [9.17, 15) is 5.11 Å². The zero-order valence-electron chi connectivity index (χ0n) is 9.95. The summed E-state index contributed by atoms with van der Waals surface area (Å²) in [5, 5.41) is 15.1. The number of fused-ring (bicyclic) bond motifs is 1. The maximum absolute atomic E-state index is 10.1. The molecular weight excluding hydrogens is 246 g/mol. The van der Waals surface area contributed by atoms with Crippen LogP contribution in [0.3, 0.4) is 0 Å². The third-order valence-corrected chi connectivity index (χ3v) is 3.87. The van der Waals surface area contributed by atoms with Crippen molar-refractivity contribution < 1.29 is 5.11 Å². The third-order valence-electron chi connectivity index (χ3n) is 2.82. The zero-order chi connectivity index (χ0) is 12.5. The molecule has 2 heterocycles. The number of para-hydroxylation sites is 1. The molecule has 5 heteroatoms. The van der Waals surface area contributed by atoms with E-state index < -0.39 is 6.10 Å². The van der Waals surface area contributed by atoms with Crippen LogP contribution in [-0.2, 0) is 13.5 Å². The lowest BCUT2D eigenvalue weighted by Crippen LogP contribution is -2.00. The van der Waals surface area contributed by atoms with Crippen molar-refractivity contribution in [2.24, 2.45) is 7.05 Å². The van der Waals surface area contributed by atoms with Gasteiger partial charge in [0.1, 0.15) is 0 Å². The lowest BCUT2D eigenvalue weighted by Gasteiger charge is -2.04. The predicted molar refractivity (Wildman–Crippen MR) is 71.5 cm³/mol. The summed E-state index contributed by atoms with van der Waals surface area (Å²) in [6.45, 7) is 0. The minimum atomic E-state index is -0.542. The highest BCUT2D eigenvalue weighted by molar-refractivity contribution is 7.18. The largest absolute Gasteiger partial charge is 0.388 e. The van der Waals surface area contributed by atoms with Crippen molar-refractivity contribution in [2.45, 2.75) is 12.5 Å². The van der Waals surface area contributed by atoms with Crippen LogP contribution in [0.25, 0.3) is 10.2 Å². The van der Waals surface area contributed by atoms with Crippen molar-refractivity contribution >= 4 is 21.6 Å². The van der Waals surface area contributed by atoms with E-state index in [1.807, 2.05) is 37.5 Å². The van der Waals surface area contributed by atoms with E-state index >= 15 is 0 Å². The van der Waals surface area contributed by atoms with Crippen molar-refractivity contribution in [3.8, 4) is 0 Å². The maximum Gasteiger partial charge on any atom is 0.0967 e. The number of aliphatic hydroxyl groups is 1. The number of aryl methyl sites for hydroxylation is 1. The van der Waals surface area contributed by atoms with Gasteiger partial charge in [0, 0.05) is 25.2 Å². The van der Waals surface area contributed by atoms with Gasteiger partial charge in [-0.25, -0.2) is 4.98 Å². The van der Waals surface area contributed by atoms with Gasteiger partial charge in [-0.05, 0) is 12.1 Å². The predicted octanol–water partition coefficient (Wildman–Crippen LogP) is 2.31. The van der Waals surface area contributed by atoms with Crippen LogP contribution in [0, 0.1) is 0 Å². The van der Waals surface area contributed by atoms with Gasteiger partial charge in [0.2, 0.25) is 0 Å². The van der Waals surface area contributed by atoms with Crippen LogP contribution in [0.4, 0.5) is 0 Å². The number of hydrogen-bond acceptors (Lipinski definition) is 4. The minimum absolute atomic E-state index is 0.533. The highest BCUT2D eigenvalue weighted by Gasteiger charge is 2.13. The van der Waals surface area contributed by atoms with Crippen molar-refractivity contribution in [1.82, 2.24) is 14.8 Å². The molecule has 0 saturated heterocycles. The molecular formula is C13H13N3OS. The molecule has 0 aliphatic carbocycles. The van der Waals surface area contributed by atoms with Gasteiger partial charge in [-0.2, -0.15) is 5.10 Å². The normalized spacial score (nSPS) is 13.0. The van der Waals surface area contributed by atoms with Crippen LogP contribution in [0.1, 0.15) is 16.7 Å². The van der Waals surface area contributed by atoms with Crippen LogP contribution in [0.2, 0.25) is 0 Å². The van der Waals surface area contributed by atoms with E-state index in [0.29, 0.717) is 6.42 Å². The summed E-state index contributed by atoms with van der Waals surface area (Å²) >= 11 is 1.63. The van der Waals surface area contributed by atoms with Gasteiger partial charge in [-0.3, -0.25) is 4.68 Å². The average Bonchev–Trinajstić information content (AvgIpc) is 2.94. The second kappa shape index (κ2) is 4.51. The molecule has 92 valence electrons. The third kappa shape index (κ3) is 2.14. The Labute approximate surface area is 109 Å². The summed E-state index contributed by atoms with van der Waals surface area (Å²) in [7, 11) is 1.84. The Morgan fingerprint density at radius 1 is 1.39 bits per heavy atom. The first-order chi connectivity index (χ1) is 8.72. The molecule has 0 amide bonds. The van der Waals surface area contributed by atoms with Crippen molar-refractivity contribution in [1.29, 1.82) is 0 Å². The highest BCUT2D eigenvalue weighted by atomic mass is 32.1. The topological polar surface area (TPSA) is 50.9 Å². The molecule has 0 fully saturated rings. The van der Waals surface area contributed by atoms with E-state index in [4.69, 9.17) is 0 Å². The fourth-order valence-corrected chi connectivity index (χ4v) is 2.91. The molecule has 18 heavy (non-hydrogen) atoms. The van der Waals surface area contributed by atoms with Crippen LogP contribution < -0.4 is 0 Å². The van der Waals surface area contributed by atoms with Crippen LogP contribution in [0.5, 0.6) is 0 Å². The van der Waals surface area contributed by atoms with Crippen LogP contribution in [0.15, 0.2) is 36.7 Å². The number of aromatic nitrogens is 3. The number of hydrogen-bond donors (Lipinski definition) is 1. The number of rotatable bonds is 3. The Bertz CT molecular complexity index is 640. The van der Waals surface area contributed by atoms with Gasteiger partial charge < -0.3 is 5.11 Å². The first kappa shape index (κ1) is 11.4. The molecule has 0 aliphatic rings. The highest BCUT2D eigenvalue weighted by Crippen LogP contribution is 2.25. The lowest BCUT2D eigenvalue weighted by molar-refractivity contribution is 0.178. The van der Waals surface area contributed by atoms with Gasteiger partial charge in [-0.15, -0.1) is 11.3 Å². The molecule has 4 nitrogen and oxygen atoms in total. The van der Waals surface area contributed by atoms with E-state index in [0.717, 1.165) is 20.8 Å². The Kier molecular flexibility index (Phi) is 2.85.